The molecule has 0 saturated carbocycles. The van der Waals surface area contributed by atoms with Crippen LogP contribution in [-0.4, -0.2) is 80.0 Å². The van der Waals surface area contributed by atoms with E-state index < -0.39 is 71.0 Å². The van der Waals surface area contributed by atoms with Crippen LogP contribution in [0.2, 0.25) is 0 Å². The van der Waals surface area contributed by atoms with Crippen molar-refractivity contribution >= 4 is 35.1 Å². The normalized spacial score (nSPS) is 10.7. The highest BCUT2D eigenvalue weighted by Gasteiger charge is 2.32. The molecule has 0 unspecified atom stereocenters. The van der Waals surface area contributed by atoms with Gasteiger partial charge in [-0.3, -0.25) is 9.59 Å². The number of benzene rings is 4. The molecule has 3 N–H and O–H groups in total. The number of carbonyl (C=O) groups is 4. The second-order valence-electron chi connectivity index (χ2n) is 13.8. The molecule has 0 aliphatic carbocycles. The summed E-state index contributed by atoms with van der Waals surface area (Å²) in [5.74, 6) is -6.85. The second-order valence-corrected chi connectivity index (χ2v) is 13.8. The zero-order chi connectivity index (χ0) is 52.8. The summed E-state index contributed by atoms with van der Waals surface area (Å²) >= 11 is 0. The Hall–Kier alpha value is -8.77. The Balaban J connectivity index is 0.000000258. The third kappa shape index (κ3) is 16.2. The van der Waals surface area contributed by atoms with Gasteiger partial charge in [-0.1, -0.05) is 0 Å². The molecule has 25 heteroatoms. The van der Waals surface area contributed by atoms with E-state index in [1.54, 1.807) is 0 Å². The molecule has 0 aliphatic rings. The number of aromatic hydroxyl groups is 1. The van der Waals surface area contributed by atoms with E-state index in [1.807, 2.05) is 0 Å². The Bertz CT molecular complexity index is 2900. The lowest BCUT2D eigenvalue weighted by Crippen LogP contribution is -2.17. The van der Waals surface area contributed by atoms with Crippen LogP contribution in [0, 0.1) is 31.3 Å². The second kappa shape index (κ2) is 24.0. The molecular weight excluding hydrogens is 972 g/mol. The number of aromatic nitrogens is 2. The number of pyridine rings is 2. The molecule has 0 bridgehead atoms. The number of amides is 2. The number of esters is 2. The molecule has 376 valence electrons. The quantitative estimate of drug-likeness (QED) is 0.0772. The van der Waals surface area contributed by atoms with E-state index in [0.29, 0.717) is 0 Å². The molecule has 2 aromatic heterocycles. The molecule has 6 aromatic rings. The molecule has 0 atom stereocenters. The fraction of sp³-hybridized carbons (Fsp3) is 0.174. The van der Waals surface area contributed by atoms with Gasteiger partial charge in [-0.2, -0.15) is 0 Å². The monoisotopic (exact) mass is 1010 g/mol. The van der Waals surface area contributed by atoms with Gasteiger partial charge in [-0.05, 0) is 97.8 Å². The summed E-state index contributed by atoms with van der Waals surface area (Å²) in [5.41, 5.74) is -0.125. The third-order valence-electron chi connectivity index (χ3n) is 8.80. The first-order valence-electron chi connectivity index (χ1n) is 19.6. The smallest absolute Gasteiger partial charge is 0.504 e. The van der Waals surface area contributed by atoms with E-state index in [2.05, 4.69) is 44.3 Å². The van der Waals surface area contributed by atoms with Gasteiger partial charge in [0.15, 0.2) is 23.0 Å². The van der Waals surface area contributed by atoms with Gasteiger partial charge in [0, 0.05) is 35.9 Å². The Labute approximate surface area is 395 Å². The summed E-state index contributed by atoms with van der Waals surface area (Å²) in [7, 11) is 4.79. The number of aryl methyl sites for hydroxylation is 2. The van der Waals surface area contributed by atoms with Crippen LogP contribution in [0.1, 0.15) is 52.8 Å². The maximum Gasteiger partial charge on any atom is 0.573 e. The lowest BCUT2D eigenvalue weighted by molar-refractivity contribution is -0.275. The number of hydrogen-bond donors (Lipinski definition) is 3. The maximum atomic E-state index is 14.3. The highest BCUT2D eigenvalue weighted by Crippen LogP contribution is 2.38. The Morgan fingerprint density at radius 3 is 1.45 bits per heavy atom. The van der Waals surface area contributed by atoms with Crippen LogP contribution in [0.15, 0.2) is 97.3 Å². The van der Waals surface area contributed by atoms with Crippen molar-refractivity contribution in [2.45, 2.75) is 26.6 Å². The van der Waals surface area contributed by atoms with E-state index >= 15 is 0 Å². The first-order chi connectivity index (χ1) is 33.3. The Morgan fingerprint density at radius 2 is 0.972 bits per heavy atom. The number of nitrogens with one attached hydrogen (secondary N) is 2. The Morgan fingerprint density at radius 1 is 0.521 bits per heavy atom. The number of halogens is 9. The van der Waals surface area contributed by atoms with Gasteiger partial charge >= 0.3 is 24.7 Å². The van der Waals surface area contributed by atoms with Crippen LogP contribution in [0.4, 0.5) is 50.9 Å². The van der Waals surface area contributed by atoms with Gasteiger partial charge in [0.2, 0.25) is 0 Å². The molecule has 71 heavy (non-hydrogen) atoms. The van der Waals surface area contributed by atoms with Crippen LogP contribution < -0.4 is 34.3 Å². The topological polar surface area (TPSA) is 203 Å². The minimum Gasteiger partial charge on any atom is -0.504 e. The molecule has 0 saturated heterocycles. The van der Waals surface area contributed by atoms with E-state index in [1.165, 1.54) is 85.0 Å². The first kappa shape index (κ1) is 54.8. The summed E-state index contributed by atoms with van der Waals surface area (Å²) < 4.78 is 146. The first-order valence-corrected chi connectivity index (χ1v) is 19.6. The summed E-state index contributed by atoms with van der Waals surface area (Å²) in [5, 5.41) is 13.9. The van der Waals surface area contributed by atoms with Crippen LogP contribution in [0.25, 0.3) is 0 Å². The summed E-state index contributed by atoms with van der Waals surface area (Å²) in [4.78, 5) is 55.6. The minimum absolute atomic E-state index is 0.0177. The fourth-order valence-electron chi connectivity index (χ4n) is 5.49. The lowest BCUT2D eigenvalue weighted by atomic mass is 10.1. The van der Waals surface area contributed by atoms with Crippen LogP contribution in [0.5, 0.6) is 40.2 Å². The highest BCUT2D eigenvalue weighted by molar-refractivity contribution is 6.07. The highest BCUT2D eigenvalue weighted by atomic mass is 19.4. The van der Waals surface area contributed by atoms with E-state index in [4.69, 9.17) is 14.6 Å². The standard InChI is InChI=1S/C23H18F4N2O6.C15H12F2N2O3.C8H7F3O3/c1-12-8-19(34-18-5-4-14(10-20(18)32-2)35-23(25,26)27)15(11-16(12)24)21(30)29-13-6-7-28-17(9-13)22(31)33-3;1-8-5-12(17)10(7-11(8)16)14(20)19-9-3-4-18-13(6-9)15(21)22-2;1-13-7-4-5(2-3-6(7)12)14-8(9,10)11/h4-11H,1-3H3,(H,28,29,30);3-7H,1-2H3,(H,18,19,20);2-4,12H,1H3. The van der Waals surface area contributed by atoms with Crippen molar-refractivity contribution in [3.63, 3.8) is 0 Å². The average Bonchev–Trinajstić information content (AvgIpc) is 3.31. The van der Waals surface area contributed by atoms with Gasteiger partial charge in [0.1, 0.15) is 46.1 Å². The number of carbonyl (C=O) groups excluding carboxylic acids is 4. The molecule has 2 amide bonds. The molecule has 4 aromatic carbocycles. The SMILES string of the molecule is COC(=O)c1cc(NC(=O)c2cc(F)c(C)cc2F)ccn1.COC(=O)c1cc(NC(=O)c2cc(F)c(C)cc2Oc2ccc(OC(F)(F)F)cc2OC)ccn1.COc1cc(OC(F)(F)F)ccc1O. The van der Waals surface area contributed by atoms with Crippen molar-refractivity contribution in [2.75, 3.05) is 39.1 Å². The number of nitrogens with zero attached hydrogens (tertiary/aromatic N) is 2. The maximum absolute atomic E-state index is 14.3. The number of ether oxygens (including phenoxy) is 7. The molecule has 0 spiro atoms. The lowest BCUT2D eigenvalue weighted by Gasteiger charge is -2.16. The summed E-state index contributed by atoms with van der Waals surface area (Å²) in [6.07, 6.45) is -7.10. The number of rotatable bonds is 12. The molecule has 0 aliphatic heterocycles. The van der Waals surface area contributed by atoms with Crippen LogP contribution >= 0.6 is 0 Å². The van der Waals surface area contributed by atoms with Crippen LogP contribution in [-0.2, 0) is 9.47 Å². The van der Waals surface area contributed by atoms with Crippen molar-refractivity contribution in [1.29, 1.82) is 0 Å². The number of hydrogen-bond acceptors (Lipinski definition) is 14. The zero-order valence-corrected chi connectivity index (χ0v) is 37.5. The van der Waals surface area contributed by atoms with Gasteiger partial charge in [0.25, 0.3) is 11.8 Å². The average molecular weight is 1010 g/mol. The minimum atomic E-state index is -4.91. The summed E-state index contributed by atoms with van der Waals surface area (Å²) in [6.45, 7) is 2.83. The molecule has 16 nitrogen and oxygen atoms in total. The largest absolute Gasteiger partial charge is 0.573 e. The molecule has 0 fully saturated rings. The number of methoxy groups -OCH3 is 4. The summed E-state index contributed by atoms with van der Waals surface area (Å²) in [6, 6.07) is 15.4. The van der Waals surface area contributed by atoms with Crippen molar-refractivity contribution in [1.82, 2.24) is 9.97 Å². The van der Waals surface area contributed by atoms with E-state index in [-0.39, 0.29) is 68.2 Å². The van der Waals surface area contributed by atoms with Crippen molar-refractivity contribution in [3.8, 4) is 40.2 Å². The molecule has 2 heterocycles. The van der Waals surface area contributed by atoms with Crippen molar-refractivity contribution in [3.05, 3.63) is 148 Å². The number of phenols is 1. The van der Waals surface area contributed by atoms with Gasteiger partial charge in [-0.25, -0.2) is 32.7 Å². The van der Waals surface area contributed by atoms with Gasteiger partial charge in [-0.15, -0.1) is 26.3 Å². The van der Waals surface area contributed by atoms with Crippen molar-refractivity contribution in [2.24, 2.45) is 0 Å². The number of anilines is 2. The van der Waals surface area contributed by atoms with E-state index in [9.17, 15) is 58.7 Å². The van der Waals surface area contributed by atoms with Crippen LogP contribution in [0.3, 0.4) is 0 Å². The number of alkyl halides is 6. The molecule has 6 rings (SSSR count). The molecule has 0 radical (unpaired) electrons. The third-order valence-corrected chi connectivity index (χ3v) is 8.80. The number of phenolic OH excluding ortho intramolecular Hbond substituents is 1. The van der Waals surface area contributed by atoms with Crippen molar-refractivity contribution < 1.29 is 97.0 Å². The molecular formula is C46H37F9N4O12. The van der Waals surface area contributed by atoms with Gasteiger partial charge < -0.3 is 48.9 Å². The fourth-order valence-corrected chi connectivity index (χ4v) is 5.49. The zero-order valence-electron chi connectivity index (χ0n) is 37.5. The predicted octanol–water partition coefficient (Wildman–Crippen LogP) is 10.3. The predicted molar refractivity (Wildman–Crippen MR) is 230 cm³/mol. The van der Waals surface area contributed by atoms with E-state index in [0.717, 1.165) is 54.6 Å². The van der Waals surface area contributed by atoms with Gasteiger partial charge in [0.05, 0.1) is 39.6 Å². The Kier molecular flexibility index (Phi) is 18.5.